The summed E-state index contributed by atoms with van der Waals surface area (Å²) in [5.41, 5.74) is -0.441. The van der Waals surface area contributed by atoms with Crippen molar-refractivity contribution in [2.75, 3.05) is 79.3 Å². The molecule has 3 unspecified atom stereocenters. The number of hydrogen-bond donors (Lipinski definition) is 0. The maximum absolute atomic E-state index is 11.3. The first-order valence-corrected chi connectivity index (χ1v) is 14.1. The van der Waals surface area contributed by atoms with Gasteiger partial charge in [0.05, 0.1) is 78.3 Å². The van der Waals surface area contributed by atoms with Crippen molar-refractivity contribution in [1.82, 2.24) is 0 Å². The van der Waals surface area contributed by atoms with Crippen LogP contribution in [0.15, 0.2) is 38.0 Å². The van der Waals surface area contributed by atoms with Gasteiger partial charge in [0.25, 0.3) is 0 Å². The number of carbonyl (C=O) groups excluding carboxylic acids is 3. The van der Waals surface area contributed by atoms with Crippen LogP contribution in [0, 0.1) is 5.41 Å². The minimum absolute atomic E-state index is 0.125. The molecule has 12 nitrogen and oxygen atoms in total. The van der Waals surface area contributed by atoms with Crippen molar-refractivity contribution in [2.45, 2.75) is 52.4 Å². The summed E-state index contributed by atoms with van der Waals surface area (Å²) in [6, 6.07) is 0. The minimum atomic E-state index is -0.499. The van der Waals surface area contributed by atoms with Crippen LogP contribution < -0.4 is 0 Å². The van der Waals surface area contributed by atoms with Crippen molar-refractivity contribution < 1.29 is 57.0 Å². The molecular formula is C30H50O12. The van der Waals surface area contributed by atoms with Crippen LogP contribution in [0.4, 0.5) is 0 Å². The average molecular weight is 603 g/mol. The van der Waals surface area contributed by atoms with Crippen LogP contribution in [0.3, 0.4) is 0 Å². The van der Waals surface area contributed by atoms with Crippen LogP contribution in [-0.4, -0.2) is 116 Å². The zero-order chi connectivity index (χ0) is 31.6. The van der Waals surface area contributed by atoms with Gasteiger partial charge in [-0.1, -0.05) is 26.7 Å². The van der Waals surface area contributed by atoms with E-state index in [0.29, 0.717) is 65.9 Å². The Balaban J connectivity index is 4.65. The van der Waals surface area contributed by atoms with Crippen molar-refractivity contribution in [2.24, 2.45) is 5.41 Å². The lowest BCUT2D eigenvalue weighted by molar-refractivity contribution is -0.145. The van der Waals surface area contributed by atoms with E-state index in [1.807, 2.05) is 6.92 Å². The maximum Gasteiger partial charge on any atom is 0.330 e. The minimum Gasteiger partial charge on any atom is -0.460 e. The summed E-state index contributed by atoms with van der Waals surface area (Å²) in [6.45, 7) is 21.0. The summed E-state index contributed by atoms with van der Waals surface area (Å²) in [5, 5.41) is 0. The summed E-state index contributed by atoms with van der Waals surface area (Å²) in [6.07, 6.45) is 3.06. The van der Waals surface area contributed by atoms with Crippen LogP contribution in [0.1, 0.15) is 34.1 Å². The zero-order valence-corrected chi connectivity index (χ0v) is 25.7. The third kappa shape index (κ3) is 21.1. The van der Waals surface area contributed by atoms with Gasteiger partial charge in [0, 0.05) is 23.6 Å². The van der Waals surface area contributed by atoms with Gasteiger partial charge in [-0.3, -0.25) is 0 Å². The highest BCUT2D eigenvalue weighted by molar-refractivity contribution is 5.81. The van der Waals surface area contributed by atoms with E-state index in [4.69, 9.17) is 42.6 Å². The van der Waals surface area contributed by atoms with Gasteiger partial charge < -0.3 is 42.6 Å². The molecule has 0 aliphatic heterocycles. The van der Waals surface area contributed by atoms with Gasteiger partial charge in [0.1, 0.15) is 19.3 Å². The first kappa shape index (κ1) is 39.4. The van der Waals surface area contributed by atoms with Gasteiger partial charge in [0.15, 0.2) is 0 Å². The second-order valence-electron chi connectivity index (χ2n) is 9.57. The van der Waals surface area contributed by atoms with Gasteiger partial charge in [-0.25, -0.2) is 14.4 Å². The second-order valence-corrected chi connectivity index (χ2v) is 9.57. The molecule has 42 heavy (non-hydrogen) atoms. The van der Waals surface area contributed by atoms with Crippen LogP contribution >= 0.6 is 0 Å². The van der Waals surface area contributed by atoms with E-state index in [1.165, 1.54) is 0 Å². The van der Waals surface area contributed by atoms with E-state index in [2.05, 4.69) is 19.7 Å². The molecule has 242 valence electrons. The topological polar surface area (TPSA) is 134 Å². The number of esters is 3. The van der Waals surface area contributed by atoms with Crippen molar-refractivity contribution in [3.8, 4) is 0 Å². The Morgan fingerprint density at radius 2 is 1.00 bits per heavy atom. The van der Waals surface area contributed by atoms with Crippen LogP contribution in [-0.2, 0) is 57.0 Å². The van der Waals surface area contributed by atoms with E-state index < -0.39 is 29.4 Å². The quantitative estimate of drug-likeness (QED) is 0.0564. The highest BCUT2D eigenvalue weighted by Gasteiger charge is 2.30. The average Bonchev–Trinajstić information content (AvgIpc) is 2.99. The Hall–Kier alpha value is -2.61. The van der Waals surface area contributed by atoms with Gasteiger partial charge in [-0.15, -0.1) is 0 Å². The van der Waals surface area contributed by atoms with Gasteiger partial charge >= 0.3 is 17.9 Å². The molecule has 0 aromatic rings. The summed E-state index contributed by atoms with van der Waals surface area (Å²) in [5.74, 6) is -1.50. The van der Waals surface area contributed by atoms with E-state index in [9.17, 15) is 14.4 Å². The summed E-state index contributed by atoms with van der Waals surface area (Å²) < 4.78 is 49.6. The number of rotatable bonds is 28. The highest BCUT2D eigenvalue weighted by atomic mass is 16.6. The molecule has 12 heteroatoms. The Morgan fingerprint density at radius 1 is 0.595 bits per heavy atom. The normalized spacial score (nSPS) is 14.6. The number of ether oxygens (including phenoxy) is 9. The molecule has 0 rings (SSSR count). The molecule has 0 saturated heterocycles. The van der Waals surface area contributed by atoms with E-state index >= 15 is 0 Å². The lowest BCUT2D eigenvalue weighted by Gasteiger charge is -2.32. The van der Waals surface area contributed by atoms with Gasteiger partial charge in [-0.2, -0.15) is 0 Å². The third-order valence-corrected chi connectivity index (χ3v) is 5.70. The monoisotopic (exact) mass is 602 g/mol. The standard InChI is InChI=1S/C30H50O12/c1-8-27(31)40-19-24(5)38-16-14-36-22-30(11-4,21-35-13-12-34-18-26(7)42-29(33)10-3)23-37-15-17-39-25(6)20-41-28(32)9-2/h8-10,24-26H,1-3,11-23H2,4-7H3. The predicted molar refractivity (Wildman–Crippen MR) is 155 cm³/mol. The smallest absolute Gasteiger partial charge is 0.330 e. The SMILES string of the molecule is C=CC(=O)OCC(C)OCCOCC(CC)(COCCOCC(C)OC(=O)C=C)COCCOC(C)COC(=O)C=C. The molecule has 0 radical (unpaired) electrons. The molecule has 0 N–H and O–H groups in total. The highest BCUT2D eigenvalue weighted by Crippen LogP contribution is 2.24. The Labute approximate surface area is 250 Å². The maximum atomic E-state index is 11.3. The van der Waals surface area contributed by atoms with E-state index in [1.54, 1.807) is 20.8 Å². The fourth-order valence-electron chi connectivity index (χ4n) is 3.17. The van der Waals surface area contributed by atoms with Gasteiger partial charge in [0.2, 0.25) is 0 Å². The molecule has 0 fully saturated rings. The van der Waals surface area contributed by atoms with Crippen molar-refractivity contribution in [3.63, 3.8) is 0 Å². The summed E-state index contributed by atoms with van der Waals surface area (Å²) in [7, 11) is 0. The van der Waals surface area contributed by atoms with Crippen LogP contribution in [0.5, 0.6) is 0 Å². The molecule has 0 spiro atoms. The van der Waals surface area contributed by atoms with Crippen molar-refractivity contribution >= 4 is 17.9 Å². The Bertz CT molecular complexity index is 744. The van der Waals surface area contributed by atoms with E-state index in [-0.39, 0.29) is 32.0 Å². The first-order valence-electron chi connectivity index (χ1n) is 14.1. The fourth-order valence-corrected chi connectivity index (χ4v) is 3.17. The molecule has 0 aliphatic rings. The Kier molecular flexibility index (Phi) is 23.4. The number of carbonyl (C=O) groups is 3. The second kappa shape index (κ2) is 24.9. The fraction of sp³-hybridized carbons (Fsp3) is 0.700. The van der Waals surface area contributed by atoms with E-state index in [0.717, 1.165) is 18.2 Å². The summed E-state index contributed by atoms with van der Waals surface area (Å²) >= 11 is 0. The predicted octanol–water partition coefficient (Wildman–Crippen LogP) is 2.84. The van der Waals surface area contributed by atoms with Crippen LogP contribution in [0.2, 0.25) is 0 Å². The van der Waals surface area contributed by atoms with Crippen LogP contribution in [0.25, 0.3) is 0 Å². The van der Waals surface area contributed by atoms with Crippen molar-refractivity contribution in [3.05, 3.63) is 38.0 Å². The molecule has 0 aromatic carbocycles. The third-order valence-electron chi connectivity index (χ3n) is 5.70. The summed E-state index contributed by atoms with van der Waals surface area (Å²) in [4.78, 5) is 33.6. The molecule has 3 atom stereocenters. The Morgan fingerprint density at radius 3 is 1.40 bits per heavy atom. The molecule has 0 bridgehead atoms. The van der Waals surface area contributed by atoms with Crippen molar-refractivity contribution in [1.29, 1.82) is 0 Å². The largest absolute Gasteiger partial charge is 0.460 e. The molecule has 0 amide bonds. The number of hydrogen-bond acceptors (Lipinski definition) is 12. The first-order chi connectivity index (χ1) is 20.1. The lowest BCUT2D eigenvalue weighted by atomic mass is 9.88. The molecule has 0 aromatic heterocycles. The molecular weight excluding hydrogens is 552 g/mol. The molecule has 0 aliphatic carbocycles. The lowest BCUT2D eigenvalue weighted by Crippen LogP contribution is -2.38. The molecule has 0 heterocycles. The van der Waals surface area contributed by atoms with Gasteiger partial charge in [-0.05, 0) is 27.2 Å². The zero-order valence-electron chi connectivity index (χ0n) is 25.7. The molecule has 0 saturated carbocycles.